The summed E-state index contributed by atoms with van der Waals surface area (Å²) < 4.78 is 6.20. The zero-order chi connectivity index (χ0) is 17.3. The van der Waals surface area contributed by atoms with Crippen LogP contribution in [0.4, 0.5) is 5.69 Å². The van der Waals surface area contributed by atoms with E-state index < -0.39 is 0 Å². The summed E-state index contributed by atoms with van der Waals surface area (Å²) in [5, 5.41) is 0. The maximum atomic E-state index is 6.20. The molecule has 2 aromatic rings. The molecular formula is C23H30NO. The lowest BCUT2D eigenvalue weighted by molar-refractivity contribution is 0.171. The van der Waals surface area contributed by atoms with Gasteiger partial charge >= 0.3 is 0 Å². The Bertz CT molecular complexity index is 600. The Morgan fingerprint density at radius 2 is 1.68 bits per heavy atom. The summed E-state index contributed by atoms with van der Waals surface area (Å²) in [5.74, 6) is 1.02. The van der Waals surface area contributed by atoms with Gasteiger partial charge < -0.3 is 9.64 Å². The first-order valence-corrected chi connectivity index (χ1v) is 9.82. The number of hydrogen-bond acceptors (Lipinski definition) is 2. The first kappa shape index (κ1) is 17.8. The van der Waals surface area contributed by atoms with Crippen LogP contribution in [0.5, 0.6) is 5.75 Å². The van der Waals surface area contributed by atoms with E-state index in [-0.39, 0.29) is 0 Å². The molecule has 25 heavy (non-hydrogen) atoms. The normalized spacial score (nSPS) is 15.3. The molecule has 0 aliphatic carbocycles. The van der Waals surface area contributed by atoms with Gasteiger partial charge in [0.1, 0.15) is 11.9 Å². The van der Waals surface area contributed by atoms with Crippen molar-refractivity contribution < 1.29 is 4.74 Å². The average molecular weight is 336 g/mol. The van der Waals surface area contributed by atoms with Gasteiger partial charge in [0.2, 0.25) is 0 Å². The van der Waals surface area contributed by atoms with Crippen molar-refractivity contribution in [1.29, 1.82) is 0 Å². The predicted molar refractivity (Wildman–Crippen MR) is 105 cm³/mol. The fraction of sp³-hybridized carbons (Fsp3) is 0.478. The number of piperidine rings is 1. The van der Waals surface area contributed by atoms with Crippen molar-refractivity contribution >= 4 is 5.69 Å². The number of rotatable bonds is 8. The van der Waals surface area contributed by atoms with E-state index in [4.69, 9.17) is 4.74 Å². The molecule has 0 bridgehead atoms. The average Bonchev–Trinajstić information content (AvgIpc) is 2.68. The lowest BCUT2D eigenvalue weighted by Gasteiger charge is -2.33. The first-order valence-electron chi connectivity index (χ1n) is 9.82. The van der Waals surface area contributed by atoms with Crippen LogP contribution >= 0.6 is 0 Å². The second-order valence-corrected chi connectivity index (χ2v) is 7.02. The zero-order valence-electron chi connectivity index (χ0n) is 15.4. The van der Waals surface area contributed by atoms with E-state index in [0.29, 0.717) is 6.10 Å². The number of ether oxygens (including phenoxy) is 1. The van der Waals surface area contributed by atoms with Crippen molar-refractivity contribution in [2.45, 2.75) is 58.0 Å². The Morgan fingerprint density at radius 1 is 0.960 bits per heavy atom. The highest BCUT2D eigenvalue weighted by atomic mass is 16.5. The third-order valence-electron chi connectivity index (χ3n) is 5.05. The third kappa shape index (κ3) is 5.52. The van der Waals surface area contributed by atoms with Gasteiger partial charge in [0.05, 0.1) is 0 Å². The molecule has 2 nitrogen and oxygen atoms in total. The molecule has 1 aliphatic rings. The van der Waals surface area contributed by atoms with Gasteiger partial charge in [0, 0.05) is 31.6 Å². The van der Waals surface area contributed by atoms with Crippen molar-refractivity contribution in [1.82, 2.24) is 0 Å². The number of benzene rings is 2. The Hall–Kier alpha value is -1.96. The van der Waals surface area contributed by atoms with E-state index in [1.807, 2.05) is 12.1 Å². The Labute approximate surface area is 152 Å². The molecular weight excluding hydrogens is 306 g/mol. The molecule has 0 atom stereocenters. The fourth-order valence-electron chi connectivity index (χ4n) is 3.50. The minimum atomic E-state index is 0.335. The van der Waals surface area contributed by atoms with Crippen molar-refractivity contribution in [3.63, 3.8) is 0 Å². The van der Waals surface area contributed by atoms with E-state index in [1.165, 1.54) is 43.4 Å². The highest BCUT2D eigenvalue weighted by Gasteiger charge is 2.20. The summed E-state index contributed by atoms with van der Waals surface area (Å²) in [5.41, 5.74) is 2.73. The highest BCUT2D eigenvalue weighted by Crippen LogP contribution is 2.23. The maximum Gasteiger partial charge on any atom is 0.119 e. The summed E-state index contributed by atoms with van der Waals surface area (Å²) in [7, 11) is 0. The molecule has 1 saturated heterocycles. The molecule has 2 aromatic carbocycles. The monoisotopic (exact) mass is 336 g/mol. The fourth-order valence-corrected chi connectivity index (χ4v) is 3.50. The zero-order valence-corrected chi connectivity index (χ0v) is 15.4. The summed E-state index contributed by atoms with van der Waals surface area (Å²) >= 11 is 0. The van der Waals surface area contributed by atoms with Gasteiger partial charge in [0.25, 0.3) is 0 Å². The summed E-state index contributed by atoms with van der Waals surface area (Å²) in [4.78, 5) is 2.44. The molecule has 0 aromatic heterocycles. The largest absolute Gasteiger partial charge is 0.490 e. The molecule has 3 rings (SSSR count). The van der Waals surface area contributed by atoms with Crippen molar-refractivity contribution in [3.8, 4) is 5.75 Å². The lowest BCUT2D eigenvalue weighted by atomic mass is 10.1. The highest BCUT2D eigenvalue weighted by molar-refractivity contribution is 5.46. The molecule has 1 fully saturated rings. The van der Waals surface area contributed by atoms with Crippen LogP contribution in [0.1, 0.15) is 51.0 Å². The van der Waals surface area contributed by atoms with Crippen LogP contribution in [0.25, 0.3) is 0 Å². The summed E-state index contributed by atoms with van der Waals surface area (Å²) in [6, 6.07) is 20.1. The second-order valence-electron chi connectivity index (χ2n) is 7.02. The van der Waals surface area contributed by atoms with E-state index in [2.05, 4.69) is 54.3 Å². The number of nitrogens with zero attached hydrogens (tertiary/aromatic N) is 1. The molecule has 1 radical (unpaired) electrons. The lowest BCUT2D eigenvalue weighted by Crippen LogP contribution is -2.38. The van der Waals surface area contributed by atoms with Crippen molar-refractivity contribution in [3.05, 3.63) is 60.2 Å². The van der Waals surface area contributed by atoms with Crippen molar-refractivity contribution in [2.24, 2.45) is 0 Å². The van der Waals surface area contributed by atoms with Crippen LogP contribution in [0.15, 0.2) is 48.5 Å². The standard InChI is InChI=1S/C23H30NO/c1-2-3-4-6-9-20-12-14-22(15-13-20)25-23-16-18-24(19-17-23)21-10-7-5-8-11-21/h7-8,10-15,23H,2-4,6,9,16-19H2,1H3. The van der Waals surface area contributed by atoms with Gasteiger partial charge in [-0.25, -0.2) is 0 Å². The summed E-state index contributed by atoms with van der Waals surface area (Å²) in [6.07, 6.45) is 8.97. The Kier molecular flexibility index (Phi) is 6.79. The topological polar surface area (TPSA) is 12.5 Å². The number of anilines is 1. The Morgan fingerprint density at radius 3 is 2.36 bits per heavy atom. The minimum Gasteiger partial charge on any atom is -0.490 e. The van der Waals surface area contributed by atoms with Crippen LogP contribution in [0.3, 0.4) is 0 Å². The smallest absolute Gasteiger partial charge is 0.119 e. The molecule has 133 valence electrons. The third-order valence-corrected chi connectivity index (χ3v) is 5.05. The second kappa shape index (κ2) is 9.50. The predicted octanol–water partition coefficient (Wildman–Crippen LogP) is 5.66. The Balaban J connectivity index is 1.43. The SMILES string of the molecule is CCCCCCc1ccc(OC2CCN(c3cc[c]cc3)CC2)cc1. The number of unbranched alkanes of at least 4 members (excludes halogenated alkanes) is 3. The van der Waals surface area contributed by atoms with Crippen molar-refractivity contribution in [2.75, 3.05) is 18.0 Å². The van der Waals surface area contributed by atoms with E-state index in [0.717, 1.165) is 31.7 Å². The van der Waals surface area contributed by atoms with Gasteiger partial charge in [-0.2, -0.15) is 0 Å². The number of aryl methyl sites for hydroxylation is 1. The van der Waals surface area contributed by atoms with Crippen LogP contribution in [-0.4, -0.2) is 19.2 Å². The molecule has 0 saturated carbocycles. The molecule has 1 heterocycles. The quantitative estimate of drug-likeness (QED) is 0.577. The van der Waals surface area contributed by atoms with Crippen LogP contribution in [-0.2, 0) is 6.42 Å². The molecule has 0 unspecified atom stereocenters. The number of hydrogen-bond donors (Lipinski definition) is 0. The maximum absolute atomic E-state index is 6.20. The van der Waals surface area contributed by atoms with Gasteiger partial charge in [-0.15, -0.1) is 0 Å². The molecule has 2 heteroatoms. The minimum absolute atomic E-state index is 0.335. The molecule has 0 N–H and O–H groups in total. The van der Waals surface area contributed by atoms with Crippen LogP contribution in [0.2, 0.25) is 0 Å². The first-order chi connectivity index (χ1) is 12.3. The van der Waals surface area contributed by atoms with E-state index in [9.17, 15) is 0 Å². The van der Waals surface area contributed by atoms with E-state index >= 15 is 0 Å². The van der Waals surface area contributed by atoms with Gasteiger partial charge in [-0.3, -0.25) is 0 Å². The van der Waals surface area contributed by atoms with Crippen LogP contribution < -0.4 is 9.64 Å². The summed E-state index contributed by atoms with van der Waals surface area (Å²) in [6.45, 7) is 4.38. The molecule has 1 aliphatic heterocycles. The van der Waals surface area contributed by atoms with Gasteiger partial charge in [0.15, 0.2) is 0 Å². The molecule has 0 amide bonds. The van der Waals surface area contributed by atoms with Crippen LogP contribution in [0, 0.1) is 6.07 Å². The van der Waals surface area contributed by atoms with Gasteiger partial charge in [-0.1, -0.05) is 50.5 Å². The van der Waals surface area contributed by atoms with E-state index in [1.54, 1.807) is 0 Å². The molecule has 0 spiro atoms. The van der Waals surface area contributed by atoms with Gasteiger partial charge in [-0.05, 0) is 48.7 Å².